The van der Waals surface area contributed by atoms with Gasteiger partial charge in [0.05, 0.1) is 5.69 Å². The fraction of sp³-hybridized carbons (Fsp3) is 0. The highest BCUT2D eigenvalue weighted by Crippen LogP contribution is 2.14. The Hall–Kier alpha value is -2.31. The lowest BCUT2D eigenvalue weighted by Gasteiger charge is -1.89. The van der Waals surface area contributed by atoms with Gasteiger partial charge >= 0.3 is 5.76 Å². The fourth-order valence-corrected chi connectivity index (χ4v) is 0.878. The lowest BCUT2D eigenvalue weighted by molar-refractivity contribution is 0.387. The summed E-state index contributed by atoms with van der Waals surface area (Å²) in [6.07, 6.45) is 0. The molecule has 1 aromatic heterocycles. The molecule has 0 saturated heterocycles. The second-order valence-corrected chi connectivity index (χ2v) is 2.60. The molecule has 1 aromatic carbocycles. The number of aromatic nitrogens is 2. The molecule has 0 spiro atoms. The molecular weight excluding hydrogens is 203 g/mol. The summed E-state index contributed by atoms with van der Waals surface area (Å²) in [7, 11) is 0. The molecule has 1 heterocycles. The normalized spacial score (nSPS) is 11.0. The molecule has 1 N–H and O–H groups in total. The Morgan fingerprint density at radius 3 is 2.60 bits per heavy atom. The highest BCUT2D eigenvalue weighted by atomic mass is 19.1. The van der Waals surface area contributed by atoms with E-state index in [9.17, 15) is 9.18 Å². The van der Waals surface area contributed by atoms with Crippen molar-refractivity contribution in [2.75, 3.05) is 0 Å². The molecule has 7 heteroatoms. The molecule has 76 valence electrons. The second-order valence-electron chi connectivity index (χ2n) is 2.60. The van der Waals surface area contributed by atoms with Gasteiger partial charge in [0.1, 0.15) is 5.82 Å². The number of hydrogen-bond acceptors (Lipinski definition) is 5. The van der Waals surface area contributed by atoms with Gasteiger partial charge in [-0.2, -0.15) is 0 Å². The van der Waals surface area contributed by atoms with E-state index in [2.05, 4.69) is 24.9 Å². The molecule has 0 amide bonds. The Bertz CT molecular complexity index is 528. The van der Waals surface area contributed by atoms with Crippen molar-refractivity contribution in [3.05, 3.63) is 40.6 Å². The maximum absolute atomic E-state index is 12.5. The summed E-state index contributed by atoms with van der Waals surface area (Å²) in [5, 5.41) is 10.5. The smallest absolute Gasteiger partial charge is 0.294 e. The number of benzene rings is 1. The Balaban J connectivity index is 2.18. The van der Waals surface area contributed by atoms with Gasteiger partial charge in [-0.15, -0.1) is 10.2 Å². The maximum atomic E-state index is 12.5. The van der Waals surface area contributed by atoms with E-state index < -0.39 is 5.76 Å². The molecule has 15 heavy (non-hydrogen) atoms. The maximum Gasteiger partial charge on any atom is 0.440 e. The average Bonchev–Trinajstić information content (AvgIpc) is 2.64. The van der Waals surface area contributed by atoms with Gasteiger partial charge in [-0.1, -0.05) is 0 Å². The molecule has 0 fully saturated rings. The summed E-state index contributed by atoms with van der Waals surface area (Å²) in [6, 6.07) is 5.38. The summed E-state index contributed by atoms with van der Waals surface area (Å²) in [4.78, 5) is 12.7. The Morgan fingerprint density at radius 1 is 1.27 bits per heavy atom. The topological polar surface area (TPSA) is 83.6 Å². The Labute approximate surface area is 82.4 Å². The molecule has 0 aliphatic rings. The van der Waals surface area contributed by atoms with Crippen molar-refractivity contribution >= 4 is 11.6 Å². The van der Waals surface area contributed by atoms with Gasteiger partial charge in [0.15, 0.2) is 0 Å². The van der Waals surface area contributed by atoms with Crippen molar-refractivity contribution in [2.24, 2.45) is 10.2 Å². The number of azo groups is 1. The molecule has 0 saturated carbocycles. The van der Waals surface area contributed by atoms with Crippen LogP contribution in [0.2, 0.25) is 0 Å². The van der Waals surface area contributed by atoms with Crippen LogP contribution in [0.4, 0.5) is 16.0 Å². The largest absolute Gasteiger partial charge is 0.440 e. The molecule has 0 unspecified atom stereocenters. The standard InChI is InChI=1S/C8H5FN4O2/c9-5-1-3-6(4-2-5)11-12-7-10-8(14)15-13-7/h1-4H,(H,10,13,14). The fourth-order valence-electron chi connectivity index (χ4n) is 0.878. The third kappa shape index (κ3) is 2.33. The summed E-state index contributed by atoms with van der Waals surface area (Å²) in [6.45, 7) is 0. The van der Waals surface area contributed by atoms with Crippen LogP contribution >= 0.6 is 0 Å². The van der Waals surface area contributed by atoms with Crippen LogP contribution < -0.4 is 5.76 Å². The van der Waals surface area contributed by atoms with Gasteiger partial charge in [0.2, 0.25) is 0 Å². The quantitative estimate of drug-likeness (QED) is 0.765. The second kappa shape index (κ2) is 3.82. The van der Waals surface area contributed by atoms with E-state index >= 15 is 0 Å². The molecule has 0 aliphatic carbocycles. The van der Waals surface area contributed by atoms with E-state index in [-0.39, 0.29) is 11.8 Å². The number of nitrogens with zero attached hydrogens (tertiary/aromatic N) is 3. The lowest BCUT2D eigenvalue weighted by atomic mass is 10.3. The molecule has 0 aliphatic heterocycles. The van der Waals surface area contributed by atoms with Crippen LogP contribution in [-0.4, -0.2) is 10.1 Å². The van der Waals surface area contributed by atoms with Crippen LogP contribution in [0.1, 0.15) is 0 Å². The van der Waals surface area contributed by atoms with Gasteiger partial charge in [-0.25, -0.2) is 9.18 Å². The number of aromatic amines is 1. The predicted molar refractivity (Wildman–Crippen MR) is 47.7 cm³/mol. The molecule has 6 nitrogen and oxygen atoms in total. The number of H-pyrrole nitrogens is 1. The van der Waals surface area contributed by atoms with Gasteiger partial charge < -0.3 is 0 Å². The molecular formula is C8H5FN4O2. The first kappa shape index (κ1) is 9.25. The van der Waals surface area contributed by atoms with Crippen LogP contribution in [0.5, 0.6) is 0 Å². The van der Waals surface area contributed by atoms with Gasteiger partial charge in [-0.05, 0) is 29.4 Å². The zero-order chi connectivity index (χ0) is 10.7. The van der Waals surface area contributed by atoms with Crippen LogP contribution in [0.15, 0.2) is 43.8 Å². The minimum Gasteiger partial charge on any atom is -0.294 e. The third-order valence-electron chi connectivity index (χ3n) is 1.52. The number of halogens is 1. The minimum atomic E-state index is -0.706. The molecule has 2 aromatic rings. The zero-order valence-electron chi connectivity index (χ0n) is 7.35. The summed E-state index contributed by atoms with van der Waals surface area (Å²) >= 11 is 0. The SMILES string of the molecule is O=c1[nH]c(N=Nc2ccc(F)cc2)no1. The van der Waals surface area contributed by atoms with E-state index in [1.54, 1.807) is 0 Å². The van der Waals surface area contributed by atoms with E-state index in [4.69, 9.17) is 0 Å². The molecule has 2 rings (SSSR count). The minimum absolute atomic E-state index is 0.0377. The van der Waals surface area contributed by atoms with Crippen molar-refractivity contribution < 1.29 is 8.91 Å². The van der Waals surface area contributed by atoms with Crippen molar-refractivity contribution in [3.63, 3.8) is 0 Å². The highest BCUT2D eigenvalue weighted by molar-refractivity contribution is 5.35. The van der Waals surface area contributed by atoms with Crippen molar-refractivity contribution in [3.8, 4) is 0 Å². The van der Waals surface area contributed by atoms with Crippen LogP contribution in [-0.2, 0) is 0 Å². The molecule has 0 radical (unpaired) electrons. The van der Waals surface area contributed by atoms with Crippen LogP contribution in [0.3, 0.4) is 0 Å². The average molecular weight is 208 g/mol. The summed E-state index contributed by atoms with van der Waals surface area (Å²) < 4.78 is 16.7. The molecule has 0 atom stereocenters. The van der Waals surface area contributed by atoms with Crippen LogP contribution in [0, 0.1) is 5.82 Å². The highest BCUT2D eigenvalue weighted by Gasteiger charge is 1.96. The number of nitrogens with one attached hydrogen (secondary N) is 1. The van der Waals surface area contributed by atoms with E-state index in [0.717, 1.165) is 0 Å². The Morgan fingerprint density at radius 2 is 2.00 bits per heavy atom. The van der Waals surface area contributed by atoms with E-state index in [0.29, 0.717) is 5.69 Å². The van der Waals surface area contributed by atoms with Gasteiger partial charge in [0.25, 0.3) is 5.95 Å². The Kier molecular flexibility index (Phi) is 2.36. The first-order valence-corrected chi connectivity index (χ1v) is 3.97. The monoisotopic (exact) mass is 208 g/mol. The lowest BCUT2D eigenvalue weighted by Crippen LogP contribution is -1.92. The predicted octanol–water partition coefficient (Wildman–Crippen LogP) is 1.92. The van der Waals surface area contributed by atoms with E-state index in [1.165, 1.54) is 24.3 Å². The summed E-state index contributed by atoms with van der Waals surface area (Å²) in [5.41, 5.74) is 0.445. The van der Waals surface area contributed by atoms with Crippen molar-refractivity contribution in [1.82, 2.24) is 10.1 Å². The van der Waals surface area contributed by atoms with Crippen LogP contribution in [0.25, 0.3) is 0 Å². The number of hydrogen-bond donors (Lipinski definition) is 1. The zero-order valence-corrected chi connectivity index (χ0v) is 7.35. The first-order valence-electron chi connectivity index (χ1n) is 3.97. The van der Waals surface area contributed by atoms with Gasteiger partial charge in [-0.3, -0.25) is 9.51 Å². The van der Waals surface area contributed by atoms with Gasteiger partial charge in [0, 0.05) is 0 Å². The summed E-state index contributed by atoms with van der Waals surface area (Å²) in [5.74, 6) is -1.10. The molecule has 0 bridgehead atoms. The number of rotatable bonds is 2. The first-order chi connectivity index (χ1) is 7.24. The third-order valence-corrected chi connectivity index (χ3v) is 1.52. The van der Waals surface area contributed by atoms with Crippen molar-refractivity contribution in [2.45, 2.75) is 0 Å². The van der Waals surface area contributed by atoms with E-state index in [1.807, 2.05) is 0 Å². The van der Waals surface area contributed by atoms with Crippen molar-refractivity contribution in [1.29, 1.82) is 0 Å².